The molecule has 1 aliphatic rings. The highest BCUT2D eigenvalue weighted by Gasteiger charge is 2.27. The molecule has 1 aromatic rings. The molecule has 1 aromatic carbocycles. The van der Waals surface area contributed by atoms with E-state index in [4.69, 9.17) is 10.5 Å². The van der Waals surface area contributed by atoms with Crippen LogP contribution in [0.5, 0.6) is 0 Å². The minimum absolute atomic E-state index is 0.105. The van der Waals surface area contributed by atoms with Gasteiger partial charge in [0.15, 0.2) is 0 Å². The Hall–Kier alpha value is -1.39. The first-order chi connectivity index (χ1) is 9.19. The molecule has 19 heavy (non-hydrogen) atoms. The molecule has 1 aliphatic carbocycles. The van der Waals surface area contributed by atoms with Gasteiger partial charge in [0.1, 0.15) is 6.61 Å². The van der Waals surface area contributed by atoms with E-state index in [1.165, 1.54) is 5.56 Å². The van der Waals surface area contributed by atoms with Crippen LogP contribution in [0.4, 0.5) is 5.69 Å². The largest absolute Gasteiger partial charge is 0.368 e. The van der Waals surface area contributed by atoms with E-state index in [1.54, 1.807) is 0 Å². The van der Waals surface area contributed by atoms with E-state index in [9.17, 15) is 4.79 Å². The molecular weight excluding hydrogens is 240 g/mol. The Bertz CT molecular complexity index is 417. The summed E-state index contributed by atoms with van der Waals surface area (Å²) in [7, 11) is 0. The molecule has 0 bridgehead atoms. The lowest BCUT2D eigenvalue weighted by Crippen LogP contribution is -2.29. The van der Waals surface area contributed by atoms with Gasteiger partial charge in [0.25, 0.3) is 0 Å². The first-order valence-corrected chi connectivity index (χ1v) is 6.87. The van der Waals surface area contributed by atoms with Crippen LogP contribution in [0.15, 0.2) is 24.3 Å². The molecule has 0 radical (unpaired) electrons. The fourth-order valence-electron chi connectivity index (χ4n) is 2.51. The van der Waals surface area contributed by atoms with Crippen LogP contribution in [-0.2, 0) is 9.53 Å². The highest BCUT2D eigenvalue weighted by molar-refractivity contribution is 5.91. The molecular formula is C15H22N2O2. The Morgan fingerprint density at radius 1 is 1.37 bits per heavy atom. The van der Waals surface area contributed by atoms with Crippen molar-refractivity contribution in [3.05, 3.63) is 29.8 Å². The summed E-state index contributed by atoms with van der Waals surface area (Å²) in [6.45, 7) is 2.76. The maximum atomic E-state index is 11.8. The minimum Gasteiger partial charge on any atom is -0.368 e. The number of carbonyl (C=O) groups is 1. The van der Waals surface area contributed by atoms with Gasteiger partial charge < -0.3 is 15.8 Å². The number of hydrogen-bond donors (Lipinski definition) is 2. The smallest absolute Gasteiger partial charge is 0.250 e. The number of carbonyl (C=O) groups excluding carboxylic acids is 1. The summed E-state index contributed by atoms with van der Waals surface area (Å²) in [6.07, 6.45) is 3.42. The quantitative estimate of drug-likeness (QED) is 0.854. The van der Waals surface area contributed by atoms with Gasteiger partial charge in [-0.05, 0) is 44.4 Å². The van der Waals surface area contributed by atoms with Crippen molar-refractivity contribution in [2.24, 2.45) is 11.7 Å². The Morgan fingerprint density at radius 2 is 2.11 bits per heavy atom. The first kappa shape index (κ1) is 14.0. The van der Waals surface area contributed by atoms with Gasteiger partial charge in [0.05, 0.1) is 6.10 Å². The molecule has 4 nitrogen and oxygen atoms in total. The van der Waals surface area contributed by atoms with Crippen LogP contribution in [0, 0.1) is 12.8 Å². The second-order valence-corrected chi connectivity index (χ2v) is 5.19. The number of rotatable bonds is 5. The molecule has 0 aliphatic heterocycles. The number of aryl methyl sites for hydroxylation is 1. The molecule has 0 spiro atoms. The molecule has 104 valence electrons. The van der Waals surface area contributed by atoms with Gasteiger partial charge in [0, 0.05) is 5.69 Å². The van der Waals surface area contributed by atoms with Crippen molar-refractivity contribution in [3.63, 3.8) is 0 Å². The van der Waals surface area contributed by atoms with Gasteiger partial charge >= 0.3 is 0 Å². The lowest BCUT2D eigenvalue weighted by molar-refractivity contribution is -0.123. The van der Waals surface area contributed by atoms with Gasteiger partial charge in [-0.2, -0.15) is 0 Å². The Labute approximate surface area is 114 Å². The maximum absolute atomic E-state index is 11.8. The maximum Gasteiger partial charge on any atom is 0.250 e. The van der Waals surface area contributed by atoms with Crippen molar-refractivity contribution in [3.8, 4) is 0 Å². The molecule has 0 aromatic heterocycles. The molecule has 0 saturated heterocycles. The lowest BCUT2D eigenvalue weighted by atomic mass is 10.1. The third kappa shape index (κ3) is 4.04. The summed E-state index contributed by atoms with van der Waals surface area (Å²) in [5.41, 5.74) is 7.67. The Kier molecular flexibility index (Phi) is 4.93. The van der Waals surface area contributed by atoms with Crippen LogP contribution < -0.4 is 11.1 Å². The predicted octanol–water partition coefficient (Wildman–Crippen LogP) is 2.08. The summed E-state index contributed by atoms with van der Waals surface area (Å²) in [6, 6.07) is 7.73. The van der Waals surface area contributed by atoms with Crippen LogP contribution in [-0.4, -0.2) is 25.2 Å². The van der Waals surface area contributed by atoms with E-state index in [0.29, 0.717) is 12.5 Å². The summed E-state index contributed by atoms with van der Waals surface area (Å²) >= 11 is 0. The fraction of sp³-hybridized carbons (Fsp3) is 0.533. The SMILES string of the molecule is Cc1ccc(NC(=O)COC2CCCC2CN)cc1. The molecule has 1 fully saturated rings. The second-order valence-electron chi connectivity index (χ2n) is 5.19. The summed E-state index contributed by atoms with van der Waals surface area (Å²) in [5, 5.41) is 2.83. The molecule has 2 rings (SSSR count). The monoisotopic (exact) mass is 262 g/mol. The molecule has 1 saturated carbocycles. The summed E-state index contributed by atoms with van der Waals surface area (Å²) in [4.78, 5) is 11.8. The average molecular weight is 262 g/mol. The fourth-order valence-corrected chi connectivity index (χ4v) is 2.51. The Morgan fingerprint density at radius 3 is 2.79 bits per heavy atom. The highest BCUT2D eigenvalue weighted by Crippen LogP contribution is 2.27. The van der Waals surface area contributed by atoms with Gasteiger partial charge in [-0.1, -0.05) is 24.1 Å². The molecule has 0 heterocycles. The predicted molar refractivity (Wildman–Crippen MR) is 75.9 cm³/mol. The highest BCUT2D eigenvalue weighted by atomic mass is 16.5. The molecule has 4 heteroatoms. The number of anilines is 1. The van der Waals surface area contributed by atoms with Crippen molar-refractivity contribution in [1.29, 1.82) is 0 Å². The third-order valence-electron chi connectivity index (χ3n) is 3.66. The first-order valence-electron chi connectivity index (χ1n) is 6.87. The van der Waals surface area contributed by atoms with E-state index in [2.05, 4.69) is 5.32 Å². The minimum atomic E-state index is -0.105. The topological polar surface area (TPSA) is 64.3 Å². The third-order valence-corrected chi connectivity index (χ3v) is 3.66. The van der Waals surface area contributed by atoms with E-state index in [-0.39, 0.29) is 18.6 Å². The Balaban J connectivity index is 1.77. The van der Waals surface area contributed by atoms with Crippen LogP contribution in [0.25, 0.3) is 0 Å². The van der Waals surface area contributed by atoms with E-state index >= 15 is 0 Å². The number of amides is 1. The molecule has 2 atom stereocenters. The number of nitrogens with two attached hydrogens (primary N) is 1. The molecule has 2 unspecified atom stereocenters. The van der Waals surface area contributed by atoms with Crippen LogP contribution in [0.1, 0.15) is 24.8 Å². The van der Waals surface area contributed by atoms with Crippen molar-refractivity contribution in [1.82, 2.24) is 0 Å². The van der Waals surface area contributed by atoms with E-state index < -0.39 is 0 Å². The number of nitrogens with one attached hydrogen (secondary N) is 1. The second kappa shape index (κ2) is 6.68. The number of hydrogen-bond acceptors (Lipinski definition) is 3. The van der Waals surface area contributed by atoms with Gasteiger partial charge in [-0.25, -0.2) is 0 Å². The normalized spacial score (nSPS) is 22.4. The van der Waals surface area contributed by atoms with Gasteiger partial charge in [0.2, 0.25) is 5.91 Å². The van der Waals surface area contributed by atoms with Crippen LogP contribution in [0.3, 0.4) is 0 Å². The van der Waals surface area contributed by atoms with Crippen molar-refractivity contribution >= 4 is 11.6 Å². The molecule has 1 amide bonds. The van der Waals surface area contributed by atoms with Gasteiger partial charge in [-0.15, -0.1) is 0 Å². The average Bonchev–Trinajstić information content (AvgIpc) is 2.86. The van der Waals surface area contributed by atoms with Gasteiger partial charge in [-0.3, -0.25) is 4.79 Å². The summed E-state index contributed by atoms with van der Waals surface area (Å²) < 4.78 is 5.67. The number of benzene rings is 1. The van der Waals surface area contributed by atoms with Crippen molar-refractivity contribution in [2.45, 2.75) is 32.3 Å². The zero-order chi connectivity index (χ0) is 13.7. The summed E-state index contributed by atoms with van der Waals surface area (Å²) in [5.74, 6) is 0.304. The van der Waals surface area contributed by atoms with Crippen molar-refractivity contribution in [2.75, 3.05) is 18.5 Å². The zero-order valence-electron chi connectivity index (χ0n) is 11.4. The standard InChI is InChI=1S/C15H22N2O2/c1-11-5-7-13(8-6-11)17-15(18)10-19-14-4-2-3-12(14)9-16/h5-8,12,14H,2-4,9-10,16H2,1H3,(H,17,18). The van der Waals surface area contributed by atoms with Crippen LogP contribution >= 0.6 is 0 Å². The van der Waals surface area contributed by atoms with E-state index in [0.717, 1.165) is 24.9 Å². The van der Waals surface area contributed by atoms with E-state index in [1.807, 2.05) is 31.2 Å². The number of ether oxygens (including phenoxy) is 1. The van der Waals surface area contributed by atoms with Crippen LogP contribution in [0.2, 0.25) is 0 Å². The van der Waals surface area contributed by atoms with Crippen molar-refractivity contribution < 1.29 is 9.53 Å². The lowest BCUT2D eigenvalue weighted by Gasteiger charge is -2.18. The molecule has 3 N–H and O–H groups in total. The zero-order valence-corrected chi connectivity index (χ0v) is 11.4.